The van der Waals surface area contributed by atoms with Crippen LogP contribution in [0.15, 0.2) is 79.0 Å². The van der Waals surface area contributed by atoms with Crippen molar-refractivity contribution in [2.24, 2.45) is 11.3 Å². The van der Waals surface area contributed by atoms with Gasteiger partial charge in [0.05, 0.1) is 44.1 Å². The molecule has 2 fully saturated rings. The minimum atomic E-state index is -1.11. The smallest absolute Gasteiger partial charge is 0.407 e. The predicted molar refractivity (Wildman–Crippen MR) is 186 cm³/mol. The quantitative estimate of drug-likeness (QED) is 0.204. The summed E-state index contributed by atoms with van der Waals surface area (Å²) in [6, 6.07) is 20.8. The van der Waals surface area contributed by atoms with E-state index in [1.54, 1.807) is 6.20 Å². The lowest BCUT2D eigenvalue weighted by molar-refractivity contribution is -0.127. The van der Waals surface area contributed by atoms with E-state index in [1.165, 1.54) is 7.11 Å². The second kappa shape index (κ2) is 16.9. The van der Waals surface area contributed by atoms with Crippen LogP contribution in [0.25, 0.3) is 11.3 Å². The summed E-state index contributed by atoms with van der Waals surface area (Å²) in [7, 11) is 1.23. The number of benzene rings is 2. The maximum atomic E-state index is 13.8. The number of fused-ring (bicyclic) bond motifs is 1. The van der Waals surface area contributed by atoms with Crippen molar-refractivity contribution in [2.75, 3.05) is 20.3 Å². The highest BCUT2D eigenvalue weighted by Crippen LogP contribution is 2.33. The molecular weight excluding hydrogens is 640 g/mol. The summed E-state index contributed by atoms with van der Waals surface area (Å²) in [6.07, 6.45) is 0.0237. The van der Waals surface area contributed by atoms with Crippen molar-refractivity contribution in [3.8, 4) is 11.3 Å². The van der Waals surface area contributed by atoms with Crippen LogP contribution < -0.4 is 16.0 Å². The molecule has 2 aliphatic heterocycles. The molecule has 3 heterocycles. The van der Waals surface area contributed by atoms with Crippen LogP contribution in [-0.2, 0) is 36.6 Å². The number of carbonyl (C=O) groups is 3. The number of amides is 3. The Bertz CT molecular complexity index is 1550. The molecule has 7 atom stereocenters. The van der Waals surface area contributed by atoms with Crippen LogP contribution in [0.5, 0.6) is 0 Å². The number of hydrogen-bond acceptors (Lipinski definition) is 9. The minimum Gasteiger partial charge on any atom is -0.453 e. The van der Waals surface area contributed by atoms with E-state index < -0.39 is 53.8 Å². The summed E-state index contributed by atoms with van der Waals surface area (Å²) in [5.74, 6) is -0.490. The number of nitrogens with one attached hydrogen (secondary N) is 3. The van der Waals surface area contributed by atoms with Gasteiger partial charge in [-0.25, -0.2) is 9.59 Å². The normalized spacial score (nSPS) is 20.9. The van der Waals surface area contributed by atoms with E-state index in [0.29, 0.717) is 13.0 Å². The molecule has 0 saturated carbocycles. The Morgan fingerprint density at radius 2 is 1.62 bits per heavy atom. The number of nitrogens with zero attached hydrogens (tertiary/aromatic N) is 1. The number of rotatable bonds is 13. The number of hydrogen-bond donors (Lipinski definition) is 4. The van der Waals surface area contributed by atoms with Crippen molar-refractivity contribution >= 4 is 18.1 Å². The average Bonchev–Trinajstić information content (AvgIpc) is 3.72. The van der Waals surface area contributed by atoms with Gasteiger partial charge in [-0.1, -0.05) is 81.4 Å². The van der Waals surface area contributed by atoms with Crippen molar-refractivity contribution in [2.45, 2.75) is 83.1 Å². The maximum Gasteiger partial charge on any atom is 0.407 e. The van der Waals surface area contributed by atoms with Gasteiger partial charge in [-0.3, -0.25) is 9.78 Å². The number of aromatic nitrogens is 1. The minimum absolute atomic E-state index is 0.0167. The molecule has 12 nitrogen and oxygen atoms in total. The zero-order chi connectivity index (χ0) is 35.7. The van der Waals surface area contributed by atoms with E-state index >= 15 is 0 Å². The summed E-state index contributed by atoms with van der Waals surface area (Å²) in [4.78, 5) is 43.7. The van der Waals surface area contributed by atoms with Crippen LogP contribution in [0.4, 0.5) is 9.59 Å². The van der Waals surface area contributed by atoms with Gasteiger partial charge in [0.25, 0.3) is 0 Å². The lowest BCUT2D eigenvalue weighted by Crippen LogP contribution is -2.58. The second-order valence-corrected chi connectivity index (χ2v) is 14.0. The maximum absolute atomic E-state index is 13.8. The highest BCUT2D eigenvalue weighted by Gasteiger charge is 2.44. The fourth-order valence-electron chi connectivity index (χ4n) is 6.43. The molecule has 1 aromatic heterocycles. The first-order valence-electron chi connectivity index (χ1n) is 17.1. The lowest BCUT2D eigenvalue weighted by Gasteiger charge is -2.33. The topological polar surface area (TPSA) is 157 Å². The predicted octanol–water partition coefficient (Wildman–Crippen LogP) is 4.40. The second-order valence-electron chi connectivity index (χ2n) is 14.0. The number of ether oxygens (including phenoxy) is 4. The number of carbonyl (C=O) groups excluding carboxylic acids is 3. The lowest BCUT2D eigenvalue weighted by atomic mass is 9.85. The zero-order valence-electron chi connectivity index (χ0n) is 29.0. The van der Waals surface area contributed by atoms with Crippen molar-refractivity contribution < 1.29 is 38.4 Å². The Morgan fingerprint density at radius 3 is 2.30 bits per heavy atom. The molecule has 2 aliphatic rings. The largest absolute Gasteiger partial charge is 0.453 e. The van der Waals surface area contributed by atoms with Gasteiger partial charge in [0.1, 0.15) is 12.1 Å². The van der Waals surface area contributed by atoms with Crippen LogP contribution in [-0.4, -0.2) is 85.1 Å². The number of alkyl carbamates (subject to hydrolysis) is 2. The third-order valence-corrected chi connectivity index (χ3v) is 9.15. The number of methoxy groups -OCH3 is 1. The molecule has 4 N–H and O–H groups in total. The van der Waals surface area contributed by atoms with Crippen molar-refractivity contribution in [1.82, 2.24) is 20.9 Å². The van der Waals surface area contributed by atoms with Crippen LogP contribution >= 0.6 is 0 Å². The van der Waals surface area contributed by atoms with Crippen molar-refractivity contribution in [3.63, 3.8) is 0 Å². The molecule has 50 heavy (non-hydrogen) atoms. The third-order valence-electron chi connectivity index (χ3n) is 9.15. The van der Waals surface area contributed by atoms with E-state index in [2.05, 4.69) is 20.9 Å². The molecule has 12 heteroatoms. The molecule has 2 saturated heterocycles. The third kappa shape index (κ3) is 10.0. The van der Waals surface area contributed by atoms with Gasteiger partial charge in [-0.15, -0.1) is 0 Å². The molecule has 5 rings (SSSR count). The van der Waals surface area contributed by atoms with Gasteiger partial charge >= 0.3 is 12.2 Å². The molecule has 268 valence electrons. The summed E-state index contributed by atoms with van der Waals surface area (Å²) >= 11 is 0. The van der Waals surface area contributed by atoms with Crippen LogP contribution in [0.1, 0.15) is 44.7 Å². The fraction of sp³-hybridized carbons (Fsp3) is 0.474. The first kappa shape index (κ1) is 36.8. The van der Waals surface area contributed by atoms with Gasteiger partial charge in [-0.2, -0.15) is 0 Å². The van der Waals surface area contributed by atoms with Crippen molar-refractivity contribution in [1.29, 1.82) is 0 Å². The SMILES string of the molecule is COC(=O)N[C@H](C(=O)N[C@@H](Cc1ccc(-c2ccccn2)cc1)[C@@H](O)C[C@H](Cc1ccccc1)NC(=O)O[C@@H]1CO[C@@H]2OCC[C@@H]21)C(C)(C)C. The molecule has 0 bridgehead atoms. The Morgan fingerprint density at radius 1 is 0.900 bits per heavy atom. The number of aliphatic hydroxyl groups excluding tert-OH is 1. The number of aliphatic hydroxyl groups is 1. The Kier molecular flexibility index (Phi) is 12.4. The molecule has 3 amide bonds. The molecule has 0 unspecified atom stereocenters. The van der Waals surface area contributed by atoms with E-state index in [9.17, 15) is 19.5 Å². The molecular formula is C38H48N4O8. The Hall–Kier alpha value is -4.52. The zero-order valence-corrected chi connectivity index (χ0v) is 29.0. The van der Waals surface area contributed by atoms with E-state index in [0.717, 1.165) is 28.8 Å². The molecule has 2 aromatic carbocycles. The van der Waals surface area contributed by atoms with E-state index in [4.69, 9.17) is 18.9 Å². The van der Waals surface area contributed by atoms with Gasteiger partial charge in [0.15, 0.2) is 6.29 Å². The number of pyridine rings is 1. The molecule has 0 aliphatic carbocycles. The van der Waals surface area contributed by atoms with Crippen LogP contribution in [0.2, 0.25) is 0 Å². The first-order chi connectivity index (χ1) is 24.0. The highest BCUT2D eigenvalue weighted by molar-refractivity contribution is 5.86. The fourth-order valence-corrected chi connectivity index (χ4v) is 6.43. The van der Waals surface area contributed by atoms with Gasteiger partial charge in [-0.05, 0) is 54.4 Å². The van der Waals surface area contributed by atoms with Crippen molar-refractivity contribution in [3.05, 3.63) is 90.1 Å². The Labute approximate surface area is 293 Å². The molecule has 0 spiro atoms. The van der Waals surface area contributed by atoms with Gasteiger partial charge in [0, 0.05) is 17.8 Å². The summed E-state index contributed by atoms with van der Waals surface area (Å²) < 4.78 is 21.8. The average molecular weight is 689 g/mol. The van der Waals surface area contributed by atoms with E-state index in [-0.39, 0.29) is 31.7 Å². The summed E-state index contributed by atoms with van der Waals surface area (Å²) in [6.45, 7) is 6.31. The standard InChI is InChI=1S/C38H48N4O8/c1-38(2,3)33(42-36(45)47-4)34(44)41-30(21-25-13-15-26(16-14-25)29-12-8-9-18-39-29)31(43)22-27(20-24-10-6-5-7-11-24)40-37(46)50-32-23-49-35-28(32)17-19-48-35/h5-16,18,27-28,30-33,35,43H,17,19-23H2,1-4H3,(H,40,46)(H,41,44)(H,42,45)/t27-,28+,30-,31-,32+,33+,35-/m0/s1. The first-order valence-corrected chi connectivity index (χ1v) is 17.1. The highest BCUT2D eigenvalue weighted by atomic mass is 16.7. The Balaban J connectivity index is 1.35. The monoisotopic (exact) mass is 688 g/mol. The summed E-state index contributed by atoms with van der Waals surface area (Å²) in [5.41, 5.74) is 2.90. The van der Waals surface area contributed by atoms with Crippen LogP contribution in [0, 0.1) is 11.3 Å². The van der Waals surface area contributed by atoms with E-state index in [1.807, 2.05) is 93.6 Å². The van der Waals surface area contributed by atoms with Gasteiger partial charge < -0.3 is 40.0 Å². The van der Waals surface area contributed by atoms with Gasteiger partial charge in [0.2, 0.25) is 5.91 Å². The molecule has 3 aromatic rings. The molecule has 0 radical (unpaired) electrons. The van der Waals surface area contributed by atoms with Crippen LogP contribution in [0.3, 0.4) is 0 Å². The summed E-state index contributed by atoms with van der Waals surface area (Å²) in [5, 5.41) is 20.5.